The predicted molar refractivity (Wildman–Crippen MR) is 76.7 cm³/mol. The maximum atomic E-state index is 11.9. The first-order valence-corrected chi connectivity index (χ1v) is 6.36. The standard InChI is InChI=1S/C14H18N4O2/c1-20-9-6-13(15)14(19)17-11-4-2-5-12(10-11)18-8-3-7-16-18/h2-5,7-8,10,13H,6,9,15H2,1H3,(H,17,19). The van der Waals surface area contributed by atoms with Gasteiger partial charge in [0.1, 0.15) is 0 Å². The second kappa shape index (κ2) is 6.83. The van der Waals surface area contributed by atoms with Crippen molar-refractivity contribution in [1.82, 2.24) is 9.78 Å². The van der Waals surface area contributed by atoms with E-state index < -0.39 is 6.04 Å². The number of nitrogens with zero attached hydrogens (tertiary/aromatic N) is 2. The lowest BCUT2D eigenvalue weighted by atomic mass is 10.2. The van der Waals surface area contributed by atoms with Crippen molar-refractivity contribution < 1.29 is 9.53 Å². The third-order valence-electron chi connectivity index (χ3n) is 2.85. The highest BCUT2D eigenvalue weighted by Crippen LogP contribution is 2.14. The molecule has 2 aromatic rings. The number of anilines is 1. The molecule has 1 atom stereocenters. The molecule has 0 spiro atoms. The summed E-state index contributed by atoms with van der Waals surface area (Å²) < 4.78 is 6.63. The van der Waals surface area contributed by atoms with Crippen LogP contribution in [0.5, 0.6) is 0 Å². The summed E-state index contributed by atoms with van der Waals surface area (Å²) in [6.45, 7) is 0.460. The lowest BCUT2D eigenvalue weighted by molar-refractivity contribution is -0.117. The quantitative estimate of drug-likeness (QED) is 0.828. The number of benzene rings is 1. The third-order valence-corrected chi connectivity index (χ3v) is 2.85. The van der Waals surface area contributed by atoms with Crippen molar-refractivity contribution in [3.63, 3.8) is 0 Å². The topological polar surface area (TPSA) is 82.2 Å². The molecule has 6 heteroatoms. The van der Waals surface area contributed by atoms with E-state index >= 15 is 0 Å². The first kappa shape index (κ1) is 14.2. The predicted octanol–water partition coefficient (Wildman–Crippen LogP) is 1.17. The number of nitrogens with two attached hydrogens (primary N) is 1. The fourth-order valence-electron chi connectivity index (χ4n) is 1.76. The first-order valence-electron chi connectivity index (χ1n) is 6.36. The van der Waals surface area contributed by atoms with Crippen molar-refractivity contribution in [2.24, 2.45) is 5.73 Å². The van der Waals surface area contributed by atoms with E-state index in [2.05, 4.69) is 10.4 Å². The molecule has 2 rings (SSSR count). The van der Waals surface area contributed by atoms with Gasteiger partial charge >= 0.3 is 0 Å². The zero-order chi connectivity index (χ0) is 14.4. The second-order valence-electron chi connectivity index (χ2n) is 4.38. The summed E-state index contributed by atoms with van der Waals surface area (Å²) >= 11 is 0. The van der Waals surface area contributed by atoms with E-state index in [-0.39, 0.29) is 5.91 Å². The lowest BCUT2D eigenvalue weighted by Gasteiger charge is -2.12. The molecule has 3 N–H and O–H groups in total. The van der Waals surface area contributed by atoms with Gasteiger partial charge in [-0.2, -0.15) is 5.10 Å². The monoisotopic (exact) mass is 274 g/mol. The van der Waals surface area contributed by atoms with Crippen LogP contribution >= 0.6 is 0 Å². The van der Waals surface area contributed by atoms with Gasteiger partial charge in [0.25, 0.3) is 0 Å². The zero-order valence-corrected chi connectivity index (χ0v) is 11.3. The largest absolute Gasteiger partial charge is 0.385 e. The fraction of sp³-hybridized carbons (Fsp3) is 0.286. The van der Waals surface area contributed by atoms with Crippen molar-refractivity contribution in [1.29, 1.82) is 0 Å². The van der Waals surface area contributed by atoms with Crippen LogP contribution in [0.3, 0.4) is 0 Å². The van der Waals surface area contributed by atoms with Gasteiger partial charge < -0.3 is 15.8 Å². The molecule has 0 aliphatic carbocycles. The second-order valence-corrected chi connectivity index (χ2v) is 4.38. The molecule has 0 fully saturated rings. The van der Waals surface area contributed by atoms with Crippen molar-refractivity contribution in [3.8, 4) is 5.69 Å². The molecule has 1 aromatic carbocycles. The van der Waals surface area contributed by atoms with Gasteiger partial charge in [0.15, 0.2) is 0 Å². The Balaban J connectivity index is 2.03. The maximum Gasteiger partial charge on any atom is 0.241 e. The molecule has 1 heterocycles. The number of amides is 1. The Kier molecular flexibility index (Phi) is 4.86. The van der Waals surface area contributed by atoms with Gasteiger partial charge in [-0.05, 0) is 30.7 Å². The highest BCUT2D eigenvalue weighted by molar-refractivity contribution is 5.94. The van der Waals surface area contributed by atoms with Crippen molar-refractivity contribution in [3.05, 3.63) is 42.7 Å². The summed E-state index contributed by atoms with van der Waals surface area (Å²) in [5.74, 6) is -0.223. The van der Waals surface area contributed by atoms with Crippen LogP contribution in [0.15, 0.2) is 42.7 Å². The molecule has 0 saturated carbocycles. The number of nitrogens with one attached hydrogen (secondary N) is 1. The van der Waals surface area contributed by atoms with Crippen LogP contribution in [-0.4, -0.2) is 35.4 Å². The first-order chi connectivity index (χ1) is 9.70. The highest BCUT2D eigenvalue weighted by Gasteiger charge is 2.13. The van der Waals surface area contributed by atoms with Crippen LogP contribution < -0.4 is 11.1 Å². The maximum absolute atomic E-state index is 11.9. The van der Waals surface area contributed by atoms with Crippen LogP contribution in [0.4, 0.5) is 5.69 Å². The third kappa shape index (κ3) is 3.66. The Morgan fingerprint density at radius 1 is 1.50 bits per heavy atom. The smallest absolute Gasteiger partial charge is 0.241 e. The molecular weight excluding hydrogens is 256 g/mol. The van der Waals surface area contributed by atoms with E-state index in [1.807, 2.05) is 36.5 Å². The highest BCUT2D eigenvalue weighted by atomic mass is 16.5. The molecular formula is C14H18N4O2. The van der Waals surface area contributed by atoms with E-state index in [1.165, 1.54) is 0 Å². The minimum absolute atomic E-state index is 0.223. The molecule has 6 nitrogen and oxygen atoms in total. The SMILES string of the molecule is COCCC(N)C(=O)Nc1cccc(-n2cccn2)c1. The number of methoxy groups -OCH3 is 1. The molecule has 1 amide bonds. The Bertz CT molecular complexity index is 554. The average molecular weight is 274 g/mol. The van der Waals surface area contributed by atoms with E-state index in [0.29, 0.717) is 18.7 Å². The minimum atomic E-state index is -0.580. The van der Waals surface area contributed by atoms with Crippen molar-refractivity contribution >= 4 is 11.6 Å². The Labute approximate surface area is 117 Å². The summed E-state index contributed by atoms with van der Waals surface area (Å²) in [4.78, 5) is 11.9. The van der Waals surface area contributed by atoms with Gasteiger partial charge in [-0.25, -0.2) is 4.68 Å². The minimum Gasteiger partial charge on any atom is -0.385 e. The van der Waals surface area contributed by atoms with Crippen molar-refractivity contribution in [2.75, 3.05) is 19.0 Å². The normalized spacial score (nSPS) is 12.1. The Morgan fingerprint density at radius 2 is 2.35 bits per heavy atom. The molecule has 0 saturated heterocycles. The molecule has 0 radical (unpaired) electrons. The molecule has 1 aromatic heterocycles. The lowest BCUT2D eigenvalue weighted by Crippen LogP contribution is -2.36. The molecule has 20 heavy (non-hydrogen) atoms. The fourth-order valence-corrected chi connectivity index (χ4v) is 1.76. The van der Waals surface area contributed by atoms with Crippen LogP contribution in [0.25, 0.3) is 5.69 Å². The van der Waals surface area contributed by atoms with Gasteiger partial charge in [0, 0.05) is 31.8 Å². The van der Waals surface area contributed by atoms with E-state index in [0.717, 1.165) is 5.69 Å². The summed E-state index contributed by atoms with van der Waals surface area (Å²) in [5, 5.41) is 6.94. The molecule has 0 aliphatic rings. The van der Waals surface area contributed by atoms with Gasteiger partial charge in [0.2, 0.25) is 5.91 Å². The number of hydrogen-bond acceptors (Lipinski definition) is 4. The number of ether oxygens (including phenoxy) is 1. The van der Waals surface area contributed by atoms with Gasteiger partial charge in [0.05, 0.1) is 11.7 Å². The number of carbonyl (C=O) groups is 1. The van der Waals surface area contributed by atoms with E-state index in [9.17, 15) is 4.79 Å². The number of aromatic nitrogens is 2. The van der Waals surface area contributed by atoms with Crippen molar-refractivity contribution in [2.45, 2.75) is 12.5 Å². The molecule has 0 bridgehead atoms. The van der Waals surface area contributed by atoms with Crippen LogP contribution in [0.1, 0.15) is 6.42 Å². The van der Waals surface area contributed by atoms with Gasteiger partial charge in [-0.15, -0.1) is 0 Å². The number of hydrogen-bond donors (Lipinski definition) is 2. The Morgan fingerprint density at radius 3 is 3.05 bits per heavy atom. The number of rotatable bonds is 6. The van der Waals surface area contributed by atoms with Crippen LogP contribution in [0.2, 0.25) is 0 Å². The summed E-state index contributed by atoms with van der Waals surface area (Å²) in [7, 11) is 1.58. The molecule has 1 unspecified atom stereocenters. The van der Waals surface area contributed by atoms with E-state index in [1.54, 1.807) is 18.0 Å². The van der Waals surface area contributed by atoms with E-state index in [4.69, 9.17) is 10.5 Å². The summed E-state index contributed by atoms with van der Waals surface area (Å²) in [6, 6.07) is 8.68. The molecule has 106 valence electrons. The average Bonchev–Trinajstić information content (AvgIpc) is 2.99. The summed E-state index contributed by atoms with van der Waals surface area (Å²) in [5.41, 5.74) is 7.34. The summed E-state index contributed by atoms with van der Waals surface area (Å²) in [6.07, 6.45) is 4.03. The Hall–Kier alpha value is -2.18. The number of carbonyl (C=O) groups excluding carboxylic acids is 1. The zero-order valence-electron chi connectivity index (χ0n) is 11.3. The molecule has 0 aliphatic heterocycles. The van der Waals surface area contributed by atoms with Crippen LogP contribution in [-0.2, 0) is 9.53 Å². The van der Waals surface area contributed by atoms with Gasteiger partial charge in [-0.1, -0.05) is 6.07 Å². The van der Waals surface area contributed by atoms with Crippen LogP contribution in [0, 0.1) is 0 Å². The van der Waals surface area contributed by atoms with Gasteiger partial charge in [-0.3, -0.25) is 4.79 Å².